The third-order valence-corrected chi connectivity index (χ3v) is 3.94. The van der Waals surface area contributed by atoms with Crippen molar-refractivity contribution in [2.45, 2.75) is 25.9 Å². The minimum atomic E-state index is -4.62. The molecule has 0 aliphatic heterocycles. The number of rotatable bonds is 3. The molecule has 0 spiro atoms. The molecule has 0 bridgehead atoms. The fourth-order valence-corrected chi connectivity index (χ4v) is 2.95. The highest BCUT2D eigenvalue weighted by atomic mass is 35.5. The van der Waals surface area contributed by atoms with Crippen LogP contribution in [-0.2, 0) is 6.18 Å². The summed E-state index contributed by atoms with van der Waals surface area (Å²) in [5.41, 5.74) is 4.78. The monoisotopic (exact) mass is 376 g/mol. The largest absolute Gasteiger partial charge is 0.417 e. The zero-order valence-electron chi connectivity index (χ0n) is 12.7. The molecule has 8 heteroatoms. The molecule has 0 aliphatic carbocycles. The number of hydrogen-bond donors (Lipinski definition) is 1. The third kappa shape index (κ3) is 3.65. The number of nitrogens with two attached hydrogens (primary N) is 1. The molecule has 0 radical (unpaired) electrons. The Hall–Kier alpha value is -1.79. The molecule has 1 amide bonds. The number of alkyl halides is 3. The Labute approximate surface area is 146 Å². The number of primary amides is 1. The van der Waals surface area contributed by atoms with E-state index in [0.717, 1.165) is 6.07 Å². The fraction of sp³-hybridized carbons (Fsp3) is 0.250. The van der Waals surface area contributed by atoms with Gasteiger partial charge in [-0.25, -0.2) is 4.98 Å². The molecule has 24 heavy (non-hydrogen) atoms. The summed E-state index contributed by atoms with van der Waals surface area (Å²) in [5, 5.41) is 0.461. The van der Waals surface area contributed by atoms with Gasteiger partial charge < -0.3 is 5.73 Å². The van der Waals surface area contributed by atoms with Gasteiger partial charge in [0.25, 0.3) is 5.91 Å². The minimum absolute atomic E-state index is 0.0670. The maximum atomic E-state index is 13.0. The summed E-state index contributed by atoms with van der Waals surface area (Å²) < 4.78 is 39.1. The van der Waals surface area contributed by atoms with E-state index in [1.807, 2.05) is 13.8 Å². The van der Waals surface area contributed by atoms with Crippen molar-refractivity contribution in [2.75, 3.05) is 0 Å². The second kappa shape index (κ2) is 6.61. The predicted octanol–water partition coefficient (Wildman–Crippen LogP) is 5.30. The van der Waals surface area contributed by atoms with Crippen LogP contribution in [0.25, 0.3) is 11.1 Å². The highest BCUT2D eigenvalue weighted by Crippen LogP contribution is 2.41. The number of amides is 1. The number of carbonyl (C=O) groups excluding carboxylic acids is 1. The number of benzene rings is 1. The van der Waals surface area contributed by atoms with Crippen LogP contribution in [-0.4, -0.2) is 10.9 Å². The second-order valence-corrected chi connectivity index (χ2v) is 6.33. The average molecular weight is 377 g/mol. The van der Waals surface area contributed by atoms with Gasteiger partial charge in [0.05, 0.1) is 10.6 Å². The lowest BCUT2D eigenvalue weighted by molar-refractivity contribution is -0.137. The zero-order valence-corrected chi connectivity index (χ0v) is 14.2. The van der Waals surface area contributed by atoms with Gasteiger partial charge >= 0.3 is 6.18 Å². The Morgan fingerprint density at radius 2 is 1.83 bits per heavy atom. The van der Waals surface area contributed by atoms with Crippen molar-refractivity contribution >= 4 is 29.1 Å². The second-order valence-electron chi connectivity index (χ2n) is 5.49. The zero-order chi connectivity index (χ0) is 18.2. The Morgan fingerprint density at radius 3 is 2.33 bits per heavy atom. The molecule has 128 valence electrons. The number of hydrogen-bond acceptors (Lipinski definition) is 2. The van der Waals surface area contributed by atoms with E-state index in [1.54, 1.807) is 6.07 Å². The number of pyridine rings is 1. The van der Waals surface area contributed by atoms with Crippen molar-refractivity contribution in [2.24, 2.45) is 5.73 Å². The summed E-state index contributed by atoms with van der Waals surface area (Å²) in [4.78, 5) is 15.2. The number of carbonyl (C=O) groups is 1. The number of nitrogens with zero attached hydrogens (tertiary/aromatic N) is 1. The first kappa shape index (κ1) is 18.5. The summed E-state index contributed by atoms with van der Waals surface area (Å²) in [7, 11) is 0. The Bertz CT molecular complexity index is 805. The lowest BCUT2D eigenvalue weighted by atomic mass is 9.91. The highest BCUT2D eigenvalue weighted by Gasteiger charge is 2.33. The molecule has 0 atom stereocenters. The lowest BCUT2D eigenvalue weighted by Gasteiger charge is -2.18. The summed E-state index contributed by atoms with van der Waals surface area (Å²) in [6.07, 6.45) is -4.04. The van der Waals surface area contributed by atoms with Gasteiger partial charge in [0.1, 0.15) is 5.69 Å². The standard InChI is InChI=1S/C16H13Cl2F3N2O/c1-7(2)10-4-9(17)5-12(18)13(10)11-3-8(16(19,20)21)6-23-14(11)15(22)24/h3-7H,1-2H3,(H2,22,24). The highest BCUT2D eigenvalue weighted by molar-refractivity contribution is 6.37. The first-order chi connectivity index (χ1) is 11.0. The summed E-state index contributed by atoms with van der Waals surface area (Å²) in [5.74, 6) is -1.05. The van der Waals surface area contributed by atoms with Crippen LogP contribution in [0.3, 0.4) is 0 Å². The van der Waals surface area contributed by atoms with E-state index >= 15 is 0 Å². The molecular weight excluding hydrogens is 364 g/mol. The van der Waals surface area contributed by atoms with Gasteiger partial charge in [0, 0.05) is 22.3 Å². The van der Waals surface area contributed by atoms with Crippen LogP contribution < -0.4 is 5.73 Å². The van der Waals surface area contributed by atoms with Crippen LogP contribution in [0.5, 0.6) is 0 Å². The van der Waals surface area contributed by atoms with E-state index in [4.69, 9.17) is 28.9 Å². The maximum absolute atomic E-state index is 13.0. The minimum Gasteiger partial charge on any atom is -0.364 e. The molecular formula is C16H13Cl2F3N2O. The average Bonchev–Trinajstić information content (AvgIpc) is 2.44. The van der Waals surface area contributed by atoms with Crippen LogP contribution in [0.4, 0.5) is 13.2 Å². The molecule has 0 unspecified atom stereocenters. The molecule has 2 aromatic rings. The van der Waals surface area contributed by atoms with Crippen molar-refractivity contribution in [1.29, 1.82) is 0 Å². The molecule has 2 N–H and O–H groups in total. The van der Waals surface area contributed by atoms with Gasteiger partial charge in [-0.15, -0.1) is 0 Å². The van der Waals surface area contributed by atoms with Crippen LogP contribution in [0, 0.1) is 0 Å². The van der Waals surface area contributed by atoms with E-state index in [-0.39, 0.29) is 27.8 Å². The molecule has 1 aromatic carbocycles. The van der Waals surface area contributed by atoms with Crippen molar-refractivity contribution in [1.82, 2.24) is 4.98 Å². The first-order valence-electron chi connectivity index (χ1n) is 6.88. The van der Waals surface area contributed by atoms with Gasteiger partial charge in [0.2, 0.25) is 0 Å². The van der Waals surface area contributed by atoms with Crippen molar-refractivity contribution in [3.8, 4) is 11.1 Å². The topological polar surface area (TPSA) is 56.0 Å². The molecule has 2 rings (SSSR count). The van der Waals surface area contributed by atoms with Gasteiger partial charge in [-0.2, -0.15) is 13.2 Å². The number of halogens is 5. The molecule has 0 aliphatic rings. The van der Waals surface area contributed by atoms with Crippen molar-refractivity contribution < 1.29 is 18.0 Å². The van der Waals surface area contributed by atoms with Crippen LogP contribution >= 0.6 is 23.2 Å². The fourth-order valence-electron chi connectivity index (χ4n) is 2.34. The molecule has 0 fully saturated rings. The summed E-state index contributed by atoms with van der Waals surface area (Å²) in [6.45, 7) is 3.66. The quantitative estimate of drug-likeness (QED) is 0.790. The van der Waals surface area contributed by atoms with Gasteiger partial charge in [-0.05, 0) is 29.7 Å². The van der Waals surface area contributed by atoms with E-state index < -0.39 is 17.6 Å². The molecule has 0 saturated carbocycles. The SMILES string of the molecule is CC(C)c1cc(Cl)cc(Cl)c1-c1cc(C(F)(F)F)cnc1C(N)=O. The maximum Gasteiger partial charge on any atom is 0.417 e. The van der Waals surface area contributed by atoms with Crippen LogP contribution in [0.1, 0.15) is 41.4 Å². The lowest BCUT2D eigenvalue weighted by Crippen LogP contribution is -2.17. The Balaban J connectivity index is 2.87. The Morgan fingerprint density at radius 1 is 1.21 bits per heavy atom. The predicted molar refractivity (Wildman–Crippen MR) is 87.3 cm³/mol. The van der Waals surface area contributed by atoms with Gasteiger partial charge in [0.15, 0.2) is 0 Å². The normalized spacial score (nSPS) is 11.8. The molecule has 1 heterocycles. The van der Waals surface area contributed by atoms with E-state index in [2.05, 4.69) is 4.98 Å². The Kier molecular flexibility index (Phi) is 5.11. The van der Waals surface area contributed by atoms with Crippen LogP contribution in [0.2, 0.25) is 10.0 Å². The van der Waals surface area contributed by atoms with E-state index in [0.29, 0.717) is 16.8 Å². The van der Waals surface area contributed by atoms with Crippen LogP contribution in [0.15, 0.2) is 24.4 Å². The number of aromatic nitrogens is 1. The van der Waals surface area contributed by atoms with E-state index in [9.17, 15) is 18.0 Å². The summed E-state index contributed by atoms with van der Waals surface area (Å²) in [6, 6.07) is 3.82. The van der Waals surface area contributed by atoms with Gasteiger partial charge in [-0.3, -0.25) is 4.79 Å². The van der Waals surface area contributed by atoms with Crippen molar-refractivity contribution in [3.63, 3.8) is 0 Å². The van der Waals surface area contributed by atoms with E-state index in [1.165, 1.54) is 6.07 Å². The third-order valence-electron chi connectivity index (χ3n) is 3.43. The summed E-state index contributed by atoms with van der Waals surface area (Å²) >= 11 is 12.2. The van der Waals surface area contributed by atoms with Gasteiger partial charge in [-0.1, -0.05) is 37.0 Å². The van der Waals surface area contributed by atoms with Crippen molar-refractivity contribution in [3.05, 3.63) is 51.3 Å². The molecule has 0 saturated heterocycles. The smallest absolute Gasteiger partial charge is 0.364 e. The first-order valence-corrected chi connectivity index (χ1v) is 7.64. The molecule has 1 aromatic heterocycles. The molecule has 3 nitrogen and oxygen atoms in total.